The van der Waals surface area contributed by atoms with Crippen LogP contribution in [0.1, 0.15) is 34.6 Å². The molecule has 1 aliphatic heterocycles. The number of nitrogens with one attached hydrogen (secondary N) is 1. The largest absolute Gasteiger partial charge is 0.444 e. The standard InChI is InChI=1S/C14H23F2NO4/c1-7-14(15,16)10(9-8-19-13(5,6)20-9)17-11(18)21-12(2,3)4/h7,9-10H,1,8H2,2-6H3,(H,17,18)/t9-,10+/m0/s1. The van der Waals surface area contributed by atoms with E-state index in [1.54, 1.807) is 34.6 Å². The summed E-state index contributed by atoms with van der Waals surface area (Å²) in [6, 6.07) is -1.62. The zero-order chi connectivity index (χ0) is 16.5. The van der Waals surface area contributed by atoms with Crippen LogP contribution in [0.4, 0.5) is 13.6 Å². The van der Waals surface area contributed by atoms with Crippen molar-refractivity contribution in [1.82, 2.24) is 5.32 Å². The Balaban J connectivity index is 2.85. The molecule has 5 nitrogen and oxygen atoms in total. The van der Waals surface area contributed by atoms with Gasteiger partial charge in [-0.25, -0.2) is 4.79 Å². The average Bonchev–Trinajstić information content (AvgIpc) is 2.63. The number of carbonyl (C=O) groups is 1. The molecule has 0 unspecified atom stereocenters. The second-order valence-corrected chi connectivity index (χ2v) is 6.37. The minimum absolute atomic E-state index is 0.0586. The SMILES string of the molecule is C=CC(F)(F)[C@H](NC(=O)OC(C)(C)C)[C@@H]1COC(C)(C)O1. The van der Waals surface area contributed by atoms with Crippen LogP contribution in [0.3, 0.4) is 0 Å². The molecule has 1 heterocycles. The highest BCUT2D eigenvalue weighted by Gasteiger charge is 2.49. The van der Waals surface area contributed by atoms with Gasteiger partial charge >= 0.3 is 6.09 Å². The fourth-order valence-electron chi connectivity index (χ4n) is 1.88. The van der Waals surface area contributed by atoms with Crippen LogP contribution in [0.25, 0.3) is 0 Å². The lowest BCUT2D eigenvalue weighted by molar-refractivity contribution is -0.151. The minimum atomic E-state index is -3.36. The van der Waals surface area contributed by atoms with Gasteiger partial charge in [0.1, 0.15) is 17.7 Å². The molecule has 0 saturated carbocycles. The first-order chi connectivity index (χ1) is 9.36. The molecule has 1 saturated heterocycles. The first-order valence-corrected chi connectivity index (χ1v) is 6.69. The Morgan fingerprint density at radius 2 is 2.05 bits per heavy atom. The maximum absolute atomic E-state index is 14.0. The number of rotatable bonds is 4. The van der Waals surface area contributed by atoms with Gasteiger partial charge in [0, 0.05) is 0 Å². The summed E-state index contributed by atoms with van der Waals surface area (Å²) in [6.45, 7) is 11.2. The summed E-state index contributed by atoms with van der Waals surface area (Å²) in [4.78, 5) is 11.8. The predicted octanol–water partition coefficient (Wildman–Crippen LogP) is 2.85. The summed E-state index contributed by atoms with van der Waals surface area (Å²) in [5, 5.41) is 2.16. The molecule has 1 fully saturated rings. The lowest BCUT2D eigenvalue weighted by atomic mass is 10.0. The van der Waals surface area contributed by atoms with E-state index in [0.29, 0.717) is 6.08 Å². The zero-order valence-electron chi connectivity index (χ0n) is 13.0. The molecule has 0 spiro atoms. The van der Waals surface area contributed by atoms with Gasteiger partial charge in [0.05, 0.1) is 6.61 Å². The minimum Gasteiger partial charge on any atom is -0.444 e. The second-order valence-electron chi connectivity index (χ2n) is 6.37. The molecular formula is C14H23F2NO4. The van der Waals surface area contributed by atoms with Gasteiger partial charge in [-0.3, -0.25) is 0 Å². The summed E-state index contributed by atoms with van der Waals surface area (Å²) < 4.78 is 43.7. The number of alkyl halides is 2. The molecule has 0 aromatic heterocycles. The quantitative estimate of drug-likeness (QED) is 0.811. The molecular weight excluding hydrogens is 284 g/mol. The number of amides is 1. The first-order valence-electron chi connectivity index (χ1n) is 6.69. The third-order valence-corrected chi connectivity index (χ3v) is 2.76. The van der Waals surface area contributed by atoms with Gasteiger partial charge in [-0.15, -0.1) is 0 Å². The molecule has 1 amide bonds. The van der Waals surface area contributed by atoms with Gasteiger partial charge in [0.25, 0.3) is 5.92 Å². The Kier molecular flexibility index (Phi) is 5.00. The molecule has 0 aromatic carbocycles. The topological polar surface area (TPSA) is 56.8 Å². The average molecular weight is 307 g/mol. The molecule has 1 aliphatic rings. The summed E-state index contributed by atoms with van der Waals surface area (Å²) in [7, 11) is 0. The predicted molar refractivity (Wildman–Crippen MR) is 73.2 cm³/mol. The fourth-order valence-corrected chi connectivity index (χ4v) is 1.88. The van der Waals surface area contributed by atoms with Gasteiger partial charge in [0.2, 0.25) is 0 Å². The van der Waals surface area contributed by atoms with Crippen molar-refractivity contribution in [3.8, 4) is 0 Å². The van der Waals surface area contributed by atoms with Crippen LogP contribution in [0.2, 0.25) is 0 Å². The van der Waals surface area contributed by atoms with E-state index in [4.69, 9.17) is 14.2 Å². The van der Waals surface area contributed by atoms with Crippen LogP contribution in [0.5, 0.6) is 0 Å². The lowest BCUT2D eigenvalue weighted by Crippen LogP contribution is -2.55. The molecule has 21 heavy (non-hydrogen) atoms. The van der Waals surface area contributed by atoms with Gasteiger partial charge in [0.15, 0.2) is 5.79 Å². The monoisotopic (exact) mass is 307 g/mol. The van der Waals surface area contributed by atoms with E-state index in [1.165, 1.54) is 0 Å². The lowest BCUT2D eigenvalue weighted by Gasteiger charge is -2.31. The van der Waals surface area contributed by atoms with E-state index in [-0.39, 0.29) is 6.61 Å². The molecule has 122 valence electrons. The van der Waals surface area contributed by atoms with Crippen LogP contribution >= 0.6 is 0 Å². The van der Waals surface area contributed by atoms with E-state index in [9.17, 15) is 13.6 Å². The van der Waals surface area contributed by atoms with Crippen molar-refractivity contribution in [1.29, 1.82) is 0 Å². The molecule has 0 bridgehead atoms. The van der Waals surface area contributed by atoms with E-state index < -0.39 is 35.5 Å². The Labute approximate surface area is 123 Å². The van der Waals surface area contributed by atoms with E-state index in [0.717, 1.165) is 0 Å². The smallest absolute Gasteiger partial charge is 0.408 e. The summed E-state index contributed by atoms with van der Waals surface area (Å²) in [5.41, 5.74) is -0.787. The number of hydrogen-bond donors (Lipinski definition) is 1. The van der Waals surface area contributed by atoms with Crippen molar-refractivity contribution >= 4 is 6.09 Å². The Bertz CT molecular complexity index is 404. The number of halogens is 2. The van der Waals surface area contributed by atoms with Gasteiger partial charge < -0.3 is 19.5 Å². The highest BCUT2D eigenvalue weighted by Crippen LogP contribution is 2.31. The molecule has 0 aliphatic carbocycles. The molecule has 1 N–H and O–H groups in total. The van der Waals surface area contributed by atoms with Crippen molar-refractivity contribution in [2.75, 3.05) is 6.61 Å². The normalized spacial score (nSPS) is 23.5. The summed E-state index contributed by atoms with van der Waals surface area (Å²) in [5.74, 6) is -4.33. The number of carbonyl (C=O) groups excluding carboxylic acids is 1. The van der Waals surface area contributed by atoms with E-state index >= 15 is 0 Å². The van der Waals surface area contributed by atoms with Crippen LogP contribution in [0.15, 0.2) is 12.7 Å². The number of hydrogen-bond acceptors (Lipinski definition) is 4. The number of alkyl carbamates (subject to hydrolysis) is 1. The van der Waals surface area contributed by atoms with Crippen LogP contribution in [-0.2, 0) is 14.2 Å². The third kappa shape index (κ3) is 5.24. The maximum atomic E-state index is 14.0. The highest BCUT2D eigenvalue weighted by molar-refractivity contribution is 5.68. The third-order valence-electron chi connectivity index (χ3n) is 2.76. The highest BCUT2D eigenvalue weighted by atomic mass is 19.3. The van der Waals surface area contributed by atoms with Gasteiger partial charge in [-0.05, 0) is 40.7 Å². The van der Waals surface area contributed by atoms with Gasteiger partial charge in [-0.2, -0.15) is 8.78 Å². The van der Waals surface area contributed by atoms with Crippen molar-refractivity contribution < 1.29 is 27.8 Å². The van der Waals surface area contributed by atoms with Crippen molar-refractivity contribution in [2.45, 2.75) is 64.1 Å². The second kappa shape index (κ2) is 5.88. The van der Waals surface area contributed by atoms with Crippen LogP contribution < -0.4 is 5.32 Å². The Morgan fingerprint density at radius 1 is 1.48 bits per heavy atom. The summed E-state index contributed by atoms with van der Waals surface area (Å²) in [6.07, 6.45) is -1.47. The Hall–Kier alpha value is -1.21. The van der Waals surface area contributed by atoms with E-state index in [1.807, 2.05) is 0 Å². The Morgan fingerprint density at radius 3 is 2.43 bits per heavy atom. The fraction of sp³-hybridized carbons (Fsp3) is 0.786. The zero-order valence-corrected chi connectivity index (χ0v) is 13.0. The summed E-state index contributed by atoms with van der Waals surface area (Å²) >= 11 is 0. The maximum Gasteiger partial charge on any atom is 0.408 e. The molecule has 2 atom stereocenters. The van der Waals surface area contributed by atoms with Crippen molar-refractivity contribution in [3.63, 3.8) is 0 Å². The van der Waals surface area contributed by atoms with Gasteiger partial charge in [-0.1, -0.05) is 6.58 Å². The van der Waals surface area contributed by atoms with Crippen molar-refractivity contribution in [3.05, 3.63) is 12.7 Å². The first kappa shape index (κ1) is 17.8. The number of ether oxygens (including phenoxy) is 3. The van der Waals surface area contributed by atoms with Crippen LogP contribution in [-0.4, -0.2) is 42.2 Å². The molecule has 7 heteroatoms. The van der Waals surface area contributed by atoms with Crippen LogP contribution in [0, 0.1) is 0 Å². The van der Waals surface area contributed by atoms with Crippen molar-refractivity contribution in [2.24, 2.45) is 0 Å². The molecule has 1 rings (SSSR count). The molecule has 0 radical (unpaired) electrons. The van der Waals surface area contributed by atoms with E-state index in [2.05, 4.69) is 11.9 Å². The molecule has 0 aromatic rings.